The van der Waals surface area contributed by atoms with Gasteiger partial charge in [0.2, 0.25) is 0 Å². The normalized spacial score (nSPS) is 17.7. The number of rotatable bonds is 7. The largest absolute Gasteiger partial charge is 0.497 e. The molecule has 1 aliphatic heterocycles. The summed E-state index contributed by atoms with van der Waals surface area (Å²) >= 11 is 5.83. The number of pyridine rings is 2. The van der Waals surface area contributed by atoms with Gasteiger partial charge in [-0.2, -0.15) is 0 Å². The van der Waals surface area contributed by atoms with Gasteiger partial charge in [0.15, 0.2) is 5.11 Å². The van der Waals surface area contributed by atoms with Gasteiger partial charge in [-0.1, -0.05) is 24.3 Å². The fourth-order valence-corrected chi connectivity index (χ4v) is 4.66. The summed E-state index contributed by atoms with van der Waals surface area (Å²) in [7, 11) is 1.68. The predicted octanol–water partition coefficient (Wildman–Crippen LogP) is 4.51. The first kappa shape index (κ1) is 21.2. The molecule has 166 valence electrons. The predicted molar refractivity (Wildman–Crippen MR) is 132 cm³/mol. The molecule has 0 radical (unpaired) electrons. The lowest BCUT2D eigenvalue weighted by molar-refractivity contribution is 0.298. The first-order valence-electron chi connectivity index (χ1n) is 10.9. The summed E-state index contributed by atoms with van der Waals surface area (Å²) in [5.74, 6) is 0.842. The number of ether oxygens (including phenoxy) is 1. The Kier molecular flexibility index (Phi) is 6.04. The minimum absolute atomic E-state index is 0.0128. The average Bonchev–Trinajstić information content (AvgIpc) is 3.44. The van der Waals surface area contributed by atoms with Gasteiger partial charge in [0.25, 0.3) is 0 Å². The minimum Gasteiger partial charge on any atom is -0.497 e. The number of aromatic nitrogens is 3. The number of methoxy groups -OCH3 is 1. The van der Waals surface area contributed by atoms with E-state index in [-0.39, 0.29) is 12.1 Å². The van der Waals surface area contributed by atoms with Crippen LogP contribution in [0.25, 0.3) is 0 Å². The van der Waals surface area contributed by atoms with Crippen molar-refractivity contribution < 1.29 is 4.74 Å². The summed E-state index contributed by atoms with van der Waals surface area (Å²) in [6.07, 6.45) is 7.66. The molecule has 1 aliphatic rings. The van der Waals surface area contributed by atoms with E-state index in [1.165, 1.54) is 5.69 Å². The Hall–Kier alpha value is -3.71. The Bertz CT molecular complexity index is 1210. The molecule has 1 aromatic carbocycles. The van der Waals surface area contributed by atoms with E-state index in [0.717, 1.165) is 34.2 Å². The molecule has 4 heterocycles. The fourth-order valence-electron chi connectivity index (χ4n) is 4.35. The zero-order chi connectivity index (χ0) is 22.6. The third-order valence-corrected chi connectivity index (χ3v) is 6.31. The van der Waals surface area contributed by atoms with Gasteiger partial charge in [-0.3, -0.25) is 9.97 Å². The molecular formula is C26H25N5OS. The van der Waals surface area contributed by atoms with Crippen LogP contribution in [-0.4, -0.2) is 31.7 Å². The molecule has 0 spiro atoms. The molecule has 0 saturated carbocycles. The lowest BCUT2D eigenvalue weighted by Gasteiger charge is -2.29. The number of nitrogens with one attached hydrogen (secondary N) is 1. The van der Waals surface area contributed by atoms with E-state index >= 15 is 0 Å². The maximum absolute atomic E-state index is 5.83. The second kappa shape index (κ2) is 9.42. The molecule has 1 saturated heterocycles. The molecule has 3 aromatic heterocycles. The monoisotopic (exact) mass is 455 g/mol. The first-order chi connectivity index (χ1) is 16.2. The average molecular weight is 456 g/mol. The molecule has 7 heteroatoms. The van der Waals surface area contributed by atoms with Crippen molar-refractivity contribution in [3.05, 3.63) is 114 Å². The minimum atomic E-state index is -0.0560. The summed E-state index contributed by atoms with van der Waals surface area (Å²) < 4.78 is 7.59. The molecule has 1 fully saturated rings. The van der Waals surface area contributed by atoms with E-state index in [1.54, 1.807) is 13.3 Å². The lowest BCUT2D eigenvalue weighted by atomic mass is 10.0. The van der Waals surface area contributed by atoms with Crippen LogP contribution in [-0.2, 0) is 13.1 Å². The summed E-state index contributed by atoms with van der Waals surface area (Å²) in [6, 6.07) is 22.4. The summed E-state index contributed by atoms with van der Waals surface area (Å²) in [5.41, 5.74) is 4.46. The molecule has 0 amide bonds. The van der Waals surface area contributed by atoms with Crippen molar-refractivity contribution >= 4 is 17.3 Å². The molecule has 0 bridgehead atoms. The molecule has 0 unspecified atom stereocenters. The second-order valence-electron chi connectivity index (χ2n) is 8.02. The topological polar surface area (TPSA) is 55.2 Å². The Morgan fingerprint density at radius 1 is 0.939 bits per heavy atom. The zero-order valence-electron chi connectivity index (χ0n) is 18.3. The van der Waals surface area contributed by atoms with Crippen LogP contribution in [0.4, 0.5) is 0 Å². The highest BCUT2D eigenvalue weighted by atomic mass is 32.1. The zero-order valence-corrected chi connectivity index (χ0v) is 19.2. The number of nitrogens with zero attached hydrogens (tertiary/aromatic N) is 4. The lowest BCUT2D eigenvalue weighted by Crippen LogP contribution is -2.30. The van der Waals surface area contributed by atoms with Crippen molar-refractivity contribution in [1.29, 1.82) is 0 Å². The van der Waals surface area contributed by atoms with Gasteiger partial charge in [0, 0.05) is 43.6 Å². The van der Waals surface area contributed by atoms with Crippen LogP contribution >= 0.6 is 12.2 Å². The molecule has 6 nitrogen and oxygen atoms in total. The van der Waals surface area contributed by atoms with Crippen LogP contribution in [0.5, 0.6) is 5.75 Å². The fraction of sp³-hybridized carbons (Fsp3) is 0.192. The van der Waals surface area contributed by atoms with Crippen molar-refractivity contribution in [3.8, 4) is 5.75 Å². The molecule has 0 aliphatic carbocycles. The van der Waals surface area contributed by atoms with Gasteiger partial charge in [-0.25, -0.2) is 0 Å². The van der Waals surface area contributed by atoms with Gasteiger partial charge in [-0.15, -0.1) is 0 Å². The van der Waals surface area contributed by atoms with E-state index in [9.17, 15) is 0 Å². The third-order valence-electron chi connectivity index (χ3n) is 5.95. The molecule has 33 heavy (non-hydrogen) atoms. The van der Waals surface area contributed by atoms with Crippen molar-refractivity contribution in [2.45, 2.75) is 25.2 Å². The van der Waals surface area contributed by atoms with Crippen LogP contribution in [0.3, 0.4) is 0 Å². The highest BCUT2D eigenvalue weighted by Gasteiger charge is 2.41. The molecule has 4 aromatic rings. The van der Waals surface area contributed by atoms with Crippen molar-refractivity contribution in [1.82, 2.24) is 24.8 Å². The van der Waals surface area contributed by atoms with E-state index in [2.05, 4.69) is 67.3 Å². The number of hydrogen-bond donors (Lipinski definition) is 1. The van der Waals surface area contributed by atoms with E-state index in [4.69, 9.17) is 17.0 Å². The Morgan fingerprint density at radius 2 is 1.82 bits per heavy atom. The number of benzene rings is 1. The summed E-state index contributed by atoms with van der Waals surface area (Å²) in [6.45, 7) is 1.42. The third kappa shape index (κ3) is 4.45. The van der Waals surface area contributed by atoms with Crippen molar-refractivity contribution in [2.75, 3.05) is 7.11 Å². The molecule has 5 rings (SSSR count). The van der Waals surface area contributed by atoms with Gasteiger partial charge in [-0.05, 0) is 65.8 Å². The van der Waals surface area contributed by atoms with E-state index in [0.29, 0.717) is 6.54 Å². The maximum atomic E-state index is 5.83. The number of hydrogen-bond acceptors (Lipinski definition) is 4. The first-order valence-corrected chi connectivity index (χ1v) is 11.3. The van der Waals surface area contributed by atoms with Crippen LogP contribution in [0.1, 0.15) is 34.6 Å². The Morgan fingerprint density at radius 3 is 2.55 bits per heavy atom. The van der Waals surface area contributed by atoms with Crippen LogP contribution in [0, 0.1) is 0 Å². The quantitative estimate of drug-likeness (QED) is 0.414. The SMILES string of the molecule is COc1ccc(CN2C(=S)N[C@H](c3ccccn3)[C@@H]2c2cccn2Cc2cccnc2)cc1. The van der Waals surface area contributed by atoms with Gasteiger partial charge in [0.1, 0.15) is 5.75 Å². The van der Waals surface area contributed by atoms with Crippen LogP contribution in [0.15, 0.2) is 91.5 Å². The Balaban J connectivity index is 1.52. The van der Waals surface area contributed by atoms with Gasteiger partial charge < -0.3 is 19.5 Å². The van der Waals surface area contributed by atoms with E-state index in [1.807, 2.05) is 42.7 Å². The van der Waals surface area contributed by atoms with Crippen LogP contribution < -0.4 is 10.1 Å². The summed E-state index contributed by atoms with van der Waals surface area (Å²) in [5, 5.41) is 4.26. The molecule has 2 atom stereocenters. The molecule has 1 N–H and O–H groups in total. The van der Waals surface area contributed by atoms with Crippen molar-refractivity contribution in [2.24, 2.45) is 0 Å². The molecular weight excluding hydrogens is 430 g/mol. The highest BCUT2D eigenvalue weighted by molar-refractivity contribution is 7.80. The van der Waals surface area contributed by atoms with Gasteiger partial charge >= 0.3 is 0 Å². The van der Waals surface area contributed by atoms with Gasteiger partial charge in [0.05, 0.1) is 24.9 Å². The van der Waals surface area contributed by atoms with Crippen molar-refractivity contribution in [3.63, 3.8) is 0 Å². The Labute approximate surface area is 198 Å². The maximum Gasteiger partial charge on any atom is 0.170 e. The smallest absolute Gasteiger partial charge is 0.170 e. The van der Waals surface area contributed by atoms with E-state index < -0.39 is 0 Å². The summed E-state index contributed by atoms with van der Waals surface area (Å²) in [4.78, 5) is 11.2. The highest BCUT2D eigenvalue weighted by Crippen LogP contribution is 2.39. The standard InChI is InChI=1S/C26H25N5OS/c1-32-21-11-9-19(10-12-21)18-31-25(24(29-26(31)33)22-7-2-3-14-28-22)23-8-5-15-30(23)17-20-6-4-13-27-16-20/h2-16,24-25H,17-18H2,1H3,(H,29,33)/t24-,25+/m1/s1. The van der Waals surface area contributed by atoms with Crippen LogP contribution in [0.2, 0.25) is 0 Å². The number of thiocarbonyl (C=S) groups is 1. The second-order valence-corrected chi connectivity index (χ2v) is 8.41.